The summed E-state index contributed by atoms with van der Waals surface area (Å²) >= 11 is 0. The molecule has 2 aliphatic heterocycles. The van der Waals surface area contributed by atoms with E-state index >= 15 is 0 Å². The van der Waals surface area contributed by atoms with Gasteiger partial charge in [-0.15, -0.1) is 0 Å². The fraction of sp³-hybridized carbons (Fsp3) is 0.476. The quantitative estimate of drug-likeness (QED) is 0.683. The second-order valence-electron chi connectivity index (χ2n) is 7.53. The zero-order chi connectivity index (χ0) is 20.2. The Balaban J connectivity index is 1.43. The summed E-state index contributed by atoms with van der Waals surface area (Å²) in [5.74, 6) is 2.94. The largest absolute Gasteiger partial charge is 0.497 e. The van der Waals surface area contributed by atoms with Gasteiger partial charge in [0.05, 0.1) is 19.3 Å². The third-order valence-electron chi connectivity index (χ3n) is 5.56. The average molecular weight is 396 g/mol. The SMILES string of the molecule is CNc1nc([C@H]2CCNC2)nc2c1CCN(CC(=O)Nc1ccc(OC)cc1)C2. The first-order valence-corrected chi connectivity index (χ1v) is 10.1. The maximum absolute atomic E-state index is 12.5. The Labute approximate surface area is 171 Å². The fourth-order valence-corrected chi connectivity index (χ4v) is 3.98. The van der Waals surface area contributed by atoms with Gasteiger partial charge in [0.25, 0.3) is 0 Å². The monoisotopic (exact) mass is 396 g/mol. The van der Waals surface area contributed by atoms with Gasteiger partial charge in [-0.1, -0.05) is 0 Å². The zero-order valence-electron chi connectivity index (χ0n) is 17.0. The molecule has 2 aliphatic rings. The van der Waals surface area contributed by atoms with Gasteiger partial charge in [-0.25, -0.2) is 9.97 Å². The highest BCUT2D eigenvalue weighted by molar-refractivity contribution is 5.92. The van der Waals surface area contributed by atoms with Gasteiger partial charge >= 0.3 is 0 Å². The van der Waals surface area contributed by atoms with E-state index in [2.05, 4.69) is 20.9 Å². The number of aromatic nitrogens is 2. The lowest BCUT2D eigenvalue weighted by molar-refractivity contribution is -0.117. The van der Waals surface area contributed by atoms with Crippen molar-refractivity contribution in [1.82, 2.24) is 20.2 Å². The van der Waals surface area contributed by atoms with E-state index in [0.29, 0.717) is 19.0 Å². The number of carbonyl (C=O) groups is 1. The summed E-state index contributed by atoms with van der Waals surface area (Å²) in [6.07, 6.45) is 1.90. The van der Waals surface area contributed by atoms with Gasteiger partial charge in [0.15, 0.2) is 0 Å². The van der Waals surface area contributed by atoms with Crippen LogP contribution in [0, 0.1) is 0 Å². The number of anilines is 2. The van der Waals surface area contributed by atoms with E-state index in [9.17, 15) is 4.79 Å². The molecule has 1 atom stereocenters. The Morgan fingerprint density at radius 1 is 1.31 bits per heavy atom. The molecule has 0 spiro atoms. The number of nitrogens with zero attached hydrogens (tertiary/aromatic N) is 3. The number of amides is 1. The molecule has 29 heavy (non-hydrogen) atoms. The molecule has 3 N–H and O–H groups in total. The van der Waals surface area contributed by atoms with Crippen LogP contribution in [-0.4, -0.2) is 61.1 Å². The topological polar surface area (TPSA) is 91.4 Å². The highest BCUT2D eigenvalue weighted by Crippen LogP contribution is 2.27. The highest BCUT2D eigenvalue weighted by atomic mass is 16.5. The van der Waals surface area contributed by atoms with Crippen molar-refractivity contribution in [3.63, 3.8) is 0 Å². The Bertz CT molecular complexity index is 864. The first-order chi connectivity index (χ1) is 14.2. The summed E-state index contributed by atoms with van der Waals surface area (Å²) in [6.45, 7) is 3.75. The van der Waals surface area contributed by atoms with Crippen LogP contribution in [0.2, 0.25) is 0 Å². The van der Waals surface area contributed by atoms with Crippen LogP contribution in [0.15, 0.2) is 24.3 Å². The van der Waals surface area contributed by atoms with E-state index in [1.165, 1.54) is 5.56 Å². The summed E-state index contributed by atoms with van der Waals surface area (Å²) in [6, 6.07) is 7.36. The Kier molecular flexibility index (Phi) is 5.92. The molecule has 3 heterocycles. The molecule has 0 bridgehead atoms. The van der Waals surface area contributed by atoms with Crippen molar-refractivity contribution >= 4 is 17.4 Å². The molecule has 1 fully saturated rings. The van der Waals surface area contributed by atoms with E-state index < -0.39 is 0 Å². The molecule has 1 saturated heterocycles. The highest BCUT2D eigenvalue weighted by Gasteiger charge is 2.26. The smallest absolute Gasteiger partial charge is 0.238 e. The van der Waals surface area contributed by atoms with Gasteiger partial charge in [-0.3, -0.25) is 9.69 Å². The standard InChI is InChI=1S/C21H28N6O2/c1-22-21-17-8-10-27(12-18(17)25-20(26-21)14-7-9-23-11-14)13-19(28)24-15-3-5-16(29-2)6-4-15/h3-6,14,23H,7-13H2,1-2H3,(H,24,28)(H,22,25,26)/t14-/m0/s1. The molecule has 2 aromatic rings. The molecule has 8 nitrogen and oxygen atoms in total. The van der Waals surface area contributed by atoms with Crippen LogP contribution < -0.4 is 20.7 Å². The molecule has 0 radical (unpaired) electrons. The number of ether oxygens (including phenoxy) is 1. The van der Waals surface area contributed by atoms with Crippen molar-refractivity contribution in [2.24, 2.45) is 0 Å². The molecule has 0 saturated carbocycles. The van der Waals surface area contributed by atoms with Crippen molar-refractivity contribution in [3.8, 4) is 5.75 Å². The molecule has 0 aliphatic carbocycles. The maximum atomic E-state index is 12.5. The second-order valence-corrected chi connectivity index (χ2v) is 7.53. The van der Waals surface area contributed by atoms with Gasteiger partial charge in [-0.2, -0.15) is 0 Å². The molecule has 1 aromatic heterocycles. The Morgan fingerprint density at radius 2 is 2.14 bits per heavy atom. The first-order valence-electron chi connectivity index (χ1n) is 10.1. The summed E-state index contributed by atoms with van der Waals surface area (Å²) in [7, 11) is 3.54. The van der Waals surface area contributed by atoms with Crippen LogP contribution in [0.4, 0.5) is 11.5 Å². The van der Waals surface area contributed by atoms with E-state index in [1.54, 1.807) is 7.11 Å². The number of hydrogen-bond acceptors (Lipinski definition) is 7. The van der Waals surface area contributed by atoms with Crippen LogP contribution >= 0.6 is 0 Å². The Hall–Kier alpha value is -2.71. The molecule has 8 heteroatoms. The van der Waals surface area contributed by atoms with Crippen molar-refractivity contribution < 1.29 is 9.53 Å². The lowest BCUT2D eigenvalue weighted by atomic mass is 10.0. The average Bonchev–Trinajstić information content (AvgIpc) is 3.28. The minimum Gasteiger partial charge on any atom is -0.497 e. The summed E-state index contributed by atoms with van der Waals surface area (Å²) in [5.41, 5.74) is 2.98. The predicted molar refractivity (Wildman–Crippen MR) is 112 cm³/mol. The minimum absolute atomic E-state index is 0.0262. The number of methoxy groups -OCH3 is 1. The number of hydrogen-bond donors (Lipinski definition) is 3. The number of nitrogens with one attached hydrogen (secondary N) is 3. The van der Waals surface area contributed by atoms with Crippen LogP contribution in [0.5, 0.6) is 5.75 Å². The second kappa shape index (κ2) is 8.75. The normalized spacial score (nSPS) is 18.9. The summed E-state index contributed by atoms with van der Waals surface area (Å²) < 4.78 is 5.15. The molecule has 1 amide bonds. The molecular weight excluding hydrogens is 368 g/mol. The lowest BCUT2D eigenvalue weighted by Crippen LogP contribution is -2.38. The van der Waals surface area contributed by atoms with Crippen LogP contribution in [0.25, 0.3) is 0 Å². The van der Waals surface area contributed by atoms with Gasteiger partial charge < -0.3 is 20.7 Å². The van der Waals surface area contributed by atoms with Gasteiger partial charge in [-0.05, 0) is 43.7 Å². The van der Waals surface area contributed by atoms with Crippen molar-refractivity contribution in [2.75, 3.05) is 51.0 Å². The van der Waals surface area contributed by atoms with Crippen molar-refractivity contribution in [3.05, 3.63) is 41.3 Å². The summed E-state index contributed by atoms with van der Waals surface area (Å²) in [4.78, 5) is 24.3. The van der Waals surface area contributed by atoms with E-state index in [4.69, 9.17) is 14.7 Å². The van der Waals surface area contributed by atoms with E-state index in [-0.39, 0.29) is 5.91 Å². The van der Waals surface area contributed by atoms with Gasteiger partial charge in [0.2, 0.25) is 5.91 Å². The fourth-order valence-electron chi connectivity index (χ4n) is 3.98. The molecule has 4 rings (SSSR count). The molecule has 0 unspecified atom stereocenters. The number of benzene rings is 1. The number of rotatable bonds is 6. The third kappa shape index (κ3) is 4.49. The van der Waals surface area contributed by atoms with Crippen LogP contribution in [-0.2, 0) is 17.8 Å². The van der Waals surface area contributed by atoms with Crippen molar-refractivity contribution in [2.45, 2.75) is 25.3 Å². The lowest BCUT2D eigenvalue weighted by Gasteiger charge is -2.29. The first kappa shape index (κ1) is 19.6. The van der Waals surface area contributed by atoms with Gasteiger partial charge in [0.1, 0.15) is 17.4 Å². The minimum atomic E-state index is -0.0262. The Morgan fingerprint density at radius 3 is 2.83 bits per heavy atom. The van der Waals surface area contributed by atoms with Crippen molar-refractivity contribution in [1.29, 1.82) is 0 Å². The van der Waals surface area contributed by atoms with Crippen LogP contribution in [0.3, 0.4) is 0 Å². The van der Waals surface area contributed by atoms with E-state index in [0.717, 1.165) is 61.2 Å². The van der Waals surface area contributed by atoms with Gasteiger partial charge in [0, 0.05) is 43.9 Å². The zero-order valence-corrected chi connectivity index (χ0v) is 17.0. The molecular formula is C21H28N6O2. The van der Waals surface area contributed by atoms with Crippen LogP contribution in [0.1, 0.15) is 29.4 Å². The molecule has 154 valence electrons. The maximum Gasteiger partial charge on any atom is 0.238 e. The van der Waals surface area contributed by atoms with E-state index in [1.807, 2.05) is 31.3 Å². The number of carbonyl (C=O) groups excluding carboxylic acids is 1. The number of fused-ring (bicyclic) bond motifs is 1. The molecule has 1 aromatic carbocycles. The summed E-state index contributed by atoms with van der Waals surface area (Å²) in [5, 5.41) is 9.57. The third-order valence-corrected chi connectivity index (χ3v) is 5.56. The predicted octanol–water partition coefficient (Wildman–Crippen LogP) is 1.60.